The summed E-state index contributed by atoms with van der Waals surface area (Å²) in [5, 5.41) is 4.35. The van der Waals surface area contributed by atoms with E-state index in [4.69, 9.17) is 9.47 Å². The van der Waals surface area contributed by atoms with Gasteiger partial charge in [-0.15, -0.1) is 0 Å². The van der Waals surface area contributed by atoms with Crippen LogP contribution in [-0.4, -0.2) is 58.6 Å². The van der Waals surface area contributed by atoms with Gasteiger partial charge in [0.2, 0.25) is 5.91 Å². The molecule has 138 valence electrons. The second kappa shape index (κ2) is 6.72. The molecule has 2 heterocycles. The summed E-state index contributed by atoms with van der Waals surface area (Å²) in [6.45, 7) is 3.90. The quantitative estimate of drug-likeness (QED) is 0.791. The zero-order valence-electron chi connectivity index (χ0n) is 15.3. The lowest BCUT2D eigenvalue weighted by Crippen LogP contribution is -2.53. The van der Waals surface area contributed by atoms with Crippen LogP contribution in [0.2, 0.25) is 0 Å². The SMILES string of the molecule is CO[C@@]12CCC(OCC3CC3)CC1N(C(=O)Cn1ccc(C)n1)CC2. The van der Waals surface area contributed by atoms with Crippen molar-refractivity contribution in [2.75, 3.05) is 20.3 Å². The van der Waals surface area contributed by atoms with Gasteiger partial charge in [0.05, 0.1) is 23.4 Å². The van der Waals surface area contributed by atoms with Crippen molar-refractivity contribution in [2.45, 2.75) is 69.7 Å². The number of rotatable bonds is 6. The average molecular weight is 347 g/mol. The van der Waals surface area contributed by atoms with Crippen LogP contribution in [0.5, 0.6) is 0 Å². The van der Waals surface area contributed by atoms with E-state index in [0.29, 0.717) is 6.54 Å². The predicted octanol–water partition coefficient (Wildman–Crippen LogP) is 2.16. The maximum absolute atomic E-state index is 12.9. The van der Waals surface area contributed by atoms with Crippen LogP contribution in [0.3, 0.4) is 0 Å². The average Bonchev–Trinajstić information content (AvgIpc) is 3.23. The summed E-state index contributed by atoms with van der Waals surface area (Å²) in [5.74, 6) is 0.911. The van der Waals surface area contributed by atoms with E-state index in [1.54, 1.807) is 11.8 Å². The van der Waals surface area contributed by atoms with Crippen LogP contribution < -0.4 is 0 Å². The van der Waals surface area contributed by atoms with Gasteiger partial charge in [0, 0.05) is 26.5 Å². The fraction of sp³-hybridized carbons (Fsp3) is 0.789. The lowest BCUT2D eigenvalue weighted by molar-refractivity contribution is -0.142. The van der Waals surface area contributed by atoms with Gasteiger partial charge in [0.25, 0.3) is 0 Å². The highest BCUT2D eigenvalue weighted by Crippen LogP contribution is 2.43. The summed E-state index contributed by atoms with van der Waals surface area (Å²) in [6.07, 6.45) is 8.59. The Kier molecular flexibility index (Phi) is 4.58. The largest absolute Gasteiger partial charge is 0.378 e. The minimum atomic E-state index is -0.185. The molecule has 25 heavy (non-hydrogen) atoms. The first kappa shape index (κ1) is 17.0. The molecule has 6 nitrogen and oxygen atoms in total. The number of aromatic nitrogens is 2. The molecule has 2 aliphatic carbocycles. The molecule has 0 aromatic carbocycles. The van der Waals surface area contributed by atoms with Crippen LogP contribution in [-0.2, 0) is 20.8 Å². The Balaban J connectivity index is 1.43. The number of hydrogen-bond donors (Lipinski definition) is 0. The third-order valence-electron chi connectivity index (χ3n) is 6.20. The summed E-state index contributed by atoms with van der Waals surface area (Å²) in [4.78, 5) is 14.9. The lowest BCUT2D eigenvalue weighted by Gasteiger charge is -2.43. The Hall–Kier alpha value is -1.40. The standard InChI is InChI=1S/C19H29N3O3/c1-14-6-9-21(20-14)12-18(23)22-10-8-19(24-2)7-5-16(11-17(19)22)25-13-15-3-4-15/h6,9,15-17H,3-5,7-8,10-13H2,1-2H3/t16?,17?,19-/m1/s1. The molecule has 0 bridgehead atoms. The number of likely N-dealkylation sites (tertiary alicyclic amines) is 1. The van der Waals surface area contributed by atoms with Crippen molar-refractivity contribution in [1.82, 2.24) is 14.7 Å². The van der Waals surface area contributed by atoms with Gasteiger partial charge in [-0.25, -0.2) is 0 Å². The van der Waals surface area contributed by atoms with Crippen LogP contribution in [0, 0.1) is 12.8 Å². The molecule has 3 atom stereocenters. The Labute approximate surface area is 149 Å². The van der Waals surface area contributed by atoms with Crippen molar-refractivity contribution in [1.29, 1.82) is 0 Å². The third kappa shape index (κ3) is 3.47. The summed E-state index contributed by atoms with van der Waals surface area (Å²) < 4.78 is 13.8. The maximum Gasteiger partial charge on any atom is 0.244 e. The molecule has 2 unspecified atom stereocenters. The van der Waals surface area contributed by atoms with Gasteiger partial charge in [0.15, 0.2) is 0 Å². The van der Waals surface area contributed by atoms with Crippen molar-refractivity contribution in [3.05, 3.63) is 18.0 Å². The Bertz CT molecular complexity index is 627. The van der Waals surface area contributed by atoms with Gasteiger partial charge in [0.1, 0.15) is 6.54 Å². The van der Waals surface area contributed by atoms with Gasteiger partial charge < -0.3 is 14.4 Å². The molecule has 1 saturated heterocycles. The molecule has 0 spiro atoms. The van der Waals surface area contributed by atoms with E-state index in [1.807, 2.05) is 24.1 Å². The van der Waals surface area contributed by atoms with Crippen molar-refractivity contribution in [3.63, 3.8) is 0 Å². The van der Waals surface area contributed by atoms with E-state index in [2.05, 4.69) is 5.10 Å². The summed E-state index contributed by atoms with van der Waals surface area (Å²) in [7, 11) is 1.79. The first-order valence-corrected chi connectivity index (χ1v) is 9.56. The second-order valence-electron chi connectivity index (χ2n) is 7.95. The Morgan fingerprint density at radius 1 is 1.36 bits per heavy atom. The van der Waals surface area contributed by atoms with E-state index in [1.165, 1.54) is 12.8 Å². The summed E-state index contributed by atoms with van der Waals surface area (Å²) in [5.41, 5.74) is 0.751. The molecule has 3 fully saturated rings. The summed E-state index contributed by atoms with van der Waals surface area (Å²) in [6, 6.07) is 2.05. The highest BCUT2D eigenvalue weighted by Gasteiger charge is 2.52. The molecule has 1 aliphatic heterocycles. The topological polar surface area (TPSA) is 56.6 Å². The molecule has 3 aliphatic rings. The molecular formula is C19H29N3O3. The van der Waals surface area contributed by atoms with Crippen LogP contribution in [0.15, 0.2) is 12.3 Å². The molecule has 4 rings (SSSR count). The van der Waals surface area contributed by atoms with E-state index in [-0.39, 0.29) is 23.7 Å². The fourth-order valence-electron chi connectivity index (χ4n) is 4.45. The normalized spacial score (nSPS) is 32.0. The van der Waals surface area contributed by atoms with Crippen LogP contribution in [0.25, 0.3) is 0 Å². The Morgan fingerprint density at radius 2 is 2.20 bits per heavy atom. The number of aryl methyl sites for hydroxylation is 1. The van der Waals surface area contributed by atoms with Crippen molar-refractivity contribution in [2.24, 2.45) is 5.92 Å². The number of carbonyl (C=O) groups is 1. The molecule has 1 aromatic rings. The fourth-order valence-corrected chi connectivity index (χ4v) is 4.45. The van der Waals surface area contributed by atoms with Crippen molar-refractivity contribution < 1.29 is 14.3 Å². The van der Waals surface area contributed by atoms with Gasteiger partial charge in [-0.05, 0) is 57.4 Å². The summed E-state index contributed by atoms with van der Waals surface area (Å²) >= 11 is 0. The molecular weight excluding hydrogens is 318 g/mol. The second-order valence-corrected chi connectivity index (χ2v) is 7.95. The van der Waals surface area contributed by atoms with Crippen LogP contribution >= 0.6 is 0 Å². The molecule has 1 amide bonds. The molecule has 0 radical (unpaired) electrons. The molecule has 6 heteroatoms. The monoisotopic (exact) mass is 347 g/mol. The molecule has 1 aromatic heterocycles. The molecule has 2 saturated carbocycles. The lowest BCUT2D eigenvalue weighted by atomic mass is 9.79. The number of fused-ring (bicyclic) bond motifs is 1. The first-order chi connectivity index (χ1) is 12.1. The number of methoxy groups -OCH3 is 1. The number of nitrogens with zero attached hydrogens (tertiary/aromatic N) is 3. The minimum Gasteiger partial charge on any atom is -0.378 e. The van der Waals surface area contributed by atoms with Crippen molar-refractivity contribution >= 4 is 5.91 Å². The number of amides is 1. The van der Waals surface area contributed by atoms with E-state index in [0.717, 1.165) is 50.4 Å². The van der Waals surface area contributed by atoms with E-state index >= 15 is 0 Å². The minimum absolute atomic E-state index is 0.125. The highest BCUT2D eigenvalue weighted by molar-refractivity contribution is 5.77. The van der Waals surface area contributed by atoms with Crippen LogP contribution in [0.4, 0.5) is 0 Å². The van der Waals surface area contributed by atoms with Gasteiger partial charge in [-0.1, -0.05) is 0 Å². The number of carbonyl (C=O) groups excluding carboxylic acids is 1. The Morgan fingerprint density at radius 3 is 2.88 bits per heavy atom. The maximum atomic E-state index is 12.9. The highest BCUT2D eigenvalue weighted by atomic mass is 16.5. The van der Waals surface area contributed by atoms with Gasteiger partial charge >= 0.3 is 0 Å². The van der Waals surface area contributed by atoms with E-state index in [9.17, 15) is 4.79 Å². The number of hydrogen-bond acceptors (Lipinski definition) is 4. The zero-order valence-corrected chi connectivity index (χ0v) is 15.3. The third-order valence-corrected chi connectivity index (χ3v) is 6.20. The smallest absolute Gasteiger partial charge is 0.244 e. The first-order valence-electron chi connectivity index (χ1n) is 9.56. The zero-order chi connectivity index (χ0) is 17.4. The molecule has 0 N–H and O–H groups in total. The van der Waals surface area contributed by atoms with Crippen LogP contribution in [0.1, 0.15) is 44.2 Å². The van der Waals surface area contributed by atoms with Gasteiger partial charge in [-0.2, -0.15) is 5.10 Å². The van der Waals surface area contributed by atoms with Gasteiger partial charge in [-0.3, -0.25) is 9.48 Å². The van der Waals surface area contributed by atoms with Crippen molar-refractivity contribution in [3.8, 4) is 0 Å². The van der Waals surface area contributed by atoms with E-state index < -0.39 is 0 Å². The number of ether oxygens (including phenoxy) is 2. The predicted molar refractivity (Wildman–Crippen MR) is 93.1 cm³/mol.